The molecule has 0 saturated carbocycles. The summed E-state index contributed by atoms with van der Waals surface area (Å²) in [5.41, 5.74) is 1.16. The van der Waals surface area contributed by atoms with Gasteiger partial charge in [0.05, 0.1) is 11.7 Å². The Bertz CT molecular complexity index is 986. The van der Waals surface area contributed by atoms with E-state index < -0.39 is 6.04 Å². The van der Waals surface area contributed by atoms with E-state index in [-0.39, 0.29) is 11.5 Å². The number of carbonyl (C=O) groups is 1. The predicted octanol–water partition coefficient (Wildman–Crippen LogP) is 1.13. The minimum Gasteiger partial charge on any atom is -0.353 e. The van der Waals surface area contributed by atoms with Gasteiger partial charge in [0.1, 0.15) is 11.6 Å². The lowest BCUT2D eigenvalue weighted by atomic mass is 10.2. The molecule has 0 fully saturated rings. The number of para-hydroxylation sites is 1. The zero-order valence-corrected chi connectivity index (χ0v) is 15.0. The van der Waals surface area contributed by atoms with Gasteiger partial charge >= 0.3 is 0 Å². The van der Waals surface area contributed by atoms with Gasteiger partial charge in [0, 0.05) is 30.9 Å². The van der Waals surface area contributed by atoms with Crippen molar-refractivity contribution in [1.29, 1.82) is 0 Å². The van der Waals surface area contributed by atoms with Crippen molar-refractivity contribution in [3.8, 4) is 0 Å². The molecule has 1 amide bonds. The van der Waals surface area contributed by atoms with E-state index in [1.807, 2.05) is 54.8 Å². The second-order valence-electron chi connectivity index (χ2n) is 6.49. The molecule has 25 heavy (non-hydrogen) atoms. The van der Waals surface area contributed by atoms with Gasteiger partial charge in [-0.2, -0.15) is 5.10 Å². The molecule has 132 valence electrons. The largest absolute Gasteiger partial charge is 0.353 e. The highest BCUT2D eigenvalue weighted by Crippen LogP contribution is 2.29. The van der Waals surface area contributed by atoms with Crippen LogP contribution in [0.3, 0.4) is 0 Å². The van der Waals surface area contributed by atoms with E-state index in [1.165, 1.54) is 4.68 Å². The molecule has 3 aromatic rings. The topological polar surface area (TPSA) is 72.2 Å². The maximum atomic E-state index is 12.7. The molecule has 0 unspecified atom stereocenters. The van der Waals surface area contributed by atoms with E-state index in [1.54, 1.807) is 13.2 Å². The highest BCUT2D eigenvalue weighted by atomic mass is 16.2. The second-order valence-corrected chi connectivity index (χ2v) is 6.49. The molecule has 1 atom stereocenters. The maximum Gasteiger partial charge on any atom is 0.291 e. The lowest BCUT2D eigenvalue weighted by molar-refractivity contribution is -0.123. The summed E-state index contributed by atoms with van der Waals surface area (Å²) in [6.07, 6.45) is 1.69. The van der Waals surface area contributed by atoms with Gasteiger partial charge in [-0.1, -0.05) is 18.2 Å². The monoisotopic (exact) mass is 341 g/mol. The van der Waals surface area contributed by atoms with Gasteiger partial charge in [-0.15, -0.1) is 0 Å². The number of hydrogen-bond donors (Lipinski definition) is 1. The van der Waals surface area contributed by atoms with Crippen molar-refractivity contribution in [2.45, 2.75) is 13.0 Å². The Hall–Kier alpha value is -2.67. The highest BCUT2D eigenvalue weighted by molar-refractivity contribution is 6.08. The molecule has 1 N–H and O–H groups in total. The maximum absolute atomic E-state index is 12.7. The smallest absolute Gasteiger partial charge is 0.291 e. The van der Waals surface area contributed by atoms with Crippen LogP contribution in [-0.2, 0) is 11.8 Å². The first kappa shape index (κ1) is 17.2. The molecule has 0 aliphatic heterocycles. The van der Waals surface area contributed by atoms with Crippen molar-refractivity contribution in [2.24, 2.45) is 7.05 Å². The molecule has 2 aromatic heterocycles. The first-order valence-electron chi connectivity index (χ1n) is 8.29. The summed E-state index contributed by atoms with van der Waals surface area (Å²) in [5.74, 6) is -0.108. The minimum absolute atomic E-state index is 0.108. The number of fused-ring (bicyclic) bond motifs is 3. The minimum atomic E-state index is -0.500. The van der Waals surface area contributed by atoms with Crippen molar-refractivity contribution in [3.05, 3.63) is 40.8 Å². The van der Waals surface area contributed by atoms with Gasteiger partial charge in [-0.3, -0.25) is 9.59 Å². The van der Waals surface area contributed by atoms with Gasteiger partial charge in [-0.25, -0.2) is 4.68 Å². The Morgan fingerprint density at radius 1 is 1.28 bits per heavy atom. The van der Waals surface area contributed by atoms with E-state index in [0.717, 1.165) is 22.8 Å². The van der Waals surface area contributed by atoms with Gasteiger partial charge in [0.2, 0.25) is 5.91 Å². The summed E-state index contributed by atoms with van der Waals surface area (Å²) < 4.78 is 3.12. The molecule has 3 rings (SSSR count). The van der Waals surface area contributed by atoms with Crippen molar-refractivity contribution in [3.63, 3.8) is 0 Å². The number of benzene rings is 1. The Balaban J connectivity index is 2.12. The fourth-order valence-electron chi connectivity index (χ4n) is 3.06. The third-order valence-electron chi connectivity index (χ3n) is 4.43. The lowest BCUT2D eigenvalue weighted by Gasteiger charge is -2.17. The summed E-state index contributed by atoms with van der Waals surface area (Å²) in [4.78, 5) is 27.3. The zero-order valence-electron chi connectivity index (χ0n) is 15.0. The number of nitrogens with zero attached hydrogens (tertiary/aromatic N) is 4. The summed E-state index contributed by atoms with van der Waals surface area (Å²) in [6, 6.07) is 7.21. The number of nitrogens with one attached hydrogen (secondary N) is 1. The number of rotatable bonds is 5. The van der Waals surface area contributed by atoms with Gasteiger partial charge in [-0.05, 0) is 27.1 Å². The summed E-state index contributed by atoms with van der Waals surface area (Å²) in [5, 5.41) is 8.76. The number of aromatic nitrogens is 3. The number of aryl methyl sites for hydroxylation is 1. The highest BCUT2D eigenvalue weighted by Gasteiger charge is 2.22. The van der Waals surface area contributed by atoms with Crippen LogP contribution in [0.1, 0.15) is 13.0 Å². The van der Waals surface area contributed by atoms with Crippen LogP contribution in [0.15, 0.2) is 35.3 Å². The molecule has 0 aliphatic carbocycles. The predicted molar refractivity (Wildman–Crippen MR) is 98.8 cm³/mol. The average Bonchev–Trinajstić information content (AvgIpc) is 2.92. The third-order valence-corrected chi connectivity index (χ3v) is 4.43. The normalized spacial score (nSPS) is 12.8. The van der Waals surface area contributed by atoms with Crippen LogP contribution in [-0.4, -0.2) is 52.3 Å². The molecule has 2 heterocycles. The van der Waals surface area contributed by atoms with Gasteiger partial charge in [0.15, 0.2) is 0 Å². The molecule has 0 spiro atoms. The molecule has 0 aliphatic rings. The molecular weight excluding hydrogens is 318 g/mol. The molecule has 7 nitrogen and oxygen atoms in total. The molecule has 0 saturated heterocycles. The van der Waals surface area contributed by atoms with E-state index in [4.69, 9.17) is 0 Å². The lowest BCUT2D eigenvalue weighted by Crippen LogP contribution is -2.36. The van der Waals surface area contributed by atoms with Crippen molar-refractivity contribution < 1.29 is 4.79 Å². The first-order chi connectivity index (χ1) is 11.9. The van der Waals surface area contributed by atoms with E-state index >= 15 is 0 Å². The zero-order chi connectivity index (χ0) is 18.1. The molecule has 0 bridgehead atoms. The van der Waals surface area contributed by atoms with Crippen LogP contribution >= 0.6 is 0 Å². The summed E-state index contributed by atoms with van der Waals surface area (Å²) in [7, 11) is 5.53. The Kier molecular flexibility index (Phi) is 4.59. The molecular formula is C18H23N5O2. The van der Waals surface area contributed by atoms with Crippen molar-refractivity contribution in [2.75, 3.05) is 27.2 Å². The van der Waals surface area contributed by atoms with Crippen molar-refractivity contribution in [1.82, 2.24) is 24.6 Å². The van der Waals surface area contributed by atoms with Gasteiger partial charge < -0.3 is 14.8 Å². The number of carbonyl (C=O) groups excluding carboxylic acids is 1. The standard InChI is InChI=1S/C18H23N5O2/c1-12(17(24)19-9-10-21(2)3)23-15-8-6-5-7-13(15)14-11-20-22(4)18(25)16(14)23/h5-8,11-12H,9-10H2,1-4H3,(H,19,24)/t12-/m1/s1. The van der Waals surface area contributed by atoms with Crippen LogP contribution in [0, 0.1) is 0 Å². The fraction of sp³-hybridized carbons (Fsp3) is 0.389. The quantitative estimate of drug-likeness (QED) is 0.755. The Morgan fingerprint density at radius 2 is 2.00 bits per heavy atom. The van der Waals surface area contributed by atoms with E-state index in [0.29, 0.717) is 12.1 Å². The summed E-state index contributed by atoms with van der Waals surface area (Å²) in [6.45, 7) is 3.14. The fourth-order valence-corrected chi connectivity index (χ4v) is 3.06. The van der Waals surface area contributed by atoms with Crippen LogP contribution in [0.2, 0.25) is 0 Å². The van der Waals surface area contributed by atoms with Crippen LogP contribution in [0.25, 0.3) is 21.8 Å². The van der Waals surface area contributed by atoms with Crippen LogP contribution in [0.4, 0.5) is 0 Å². The molecule has 7 heteroatoms. The number of hydrogen-bond acceptors (Lipinski definition) is 4. The first-order valence-corrected chi connectivity index (χ1v) is 8.29. The van der Waals surface area contributed by atoms with Crippen LogP contribution < -0.4 is 10.9 Å². The van der Waals surface area contributed by atoms with E-state index in [2.05, 4.69) is 10.4 Å². The second kappa shape index (κ2) is 6.68. The SMILES string of the molecule is C[C@H](C(=O)NCCN(C)C)n1c2ccccc2c2cnn(C)c(=O)c21. The number of amides is 1. The summed E-state index contributed by atoms with van der Waals surface area (Å²) >= 11 is 0. The molecule has 1 aromatic carbocycles. The van der Waals surface area contributed by atoms with Crippen LogP contribution in [0.5, 0.6) is 0 Å². The third kappa shape index (κ3) is 3.02. The Morgan fingerprint density at radius 3 is 2.72 bits per heavy atom. The van der Waals surface area contributed by atoms with E-state index in [9.17, 15) is 9.59 Å². The van der Waals surface area contributed by atoms with Gasteiger partial charge in [0.25, 0.3) is 5.56 Å². The number of likely N-dealkylation sites (N-methyl/N-ethyl adjacent to an activating group) is 1. The Labute approximate surface area is 145 Å². The van der Waals surface area contributed by atoms with Crippen molar-refractivity contribution >= 4 is 27.7 Å². The average molecular weight is 341 g/mol. The molecule has 0 radical (unpaired) electrons.